The van der Waals surface area contributed by atoms with Crippen LogP contribution in [-0.4, -0.2) is 38.0 Å². The highest BCUT2D eigenvalue weighted by Crippen LogP contribution is 2.37. The van der Waals surface area contributed by atoms with Crippen LogP contribution in [0.3, 0.4) is 0 Å². The van der Waals surface area contributed by atoms with E-state index in [1.54, 1.807) is 13.0 Å². The predicted molar refractivity (Wildman–Crippen MR) is 140 cm³/mol. The van der Waals surface area contributed by atoms with Crippen LogP contribution in [0.15, 0.2) is 71.6 Å². The molecule has 0 aliphatic carbocycles. The van der Waals surface area contributed by atoms with Crippen molar-refractivity contribution in [2.45, 2.75) is 31.2 Å². The highest BCUT2D eigenvalue weighted by molar-refractivity contribution is 7.99. The quantitative estimate of drug-likeness (QED) is 0.334. The van der Waals surface area contributed by atoms with Gasteiger partial charge < -0.3 is 19.7 Å². The Labute approximate surface area is 210 Å². The van der Waals surface area contributed by atoms with Crippen molar-refractivity contribution in [2.75, 3.05) is 42.3 Å². The molecule has 0 saturated carbocycles. The molecule has 0 unspecified atom stereocenters. The second kappa shape index (κ2) is 12.5. The van der Waals surface area contributed by atoms with Gasteiger partial charge in [0.15, 0.2) is 0 Å². The van der Waals surface area contributed by atoms with Crippen LogP contribution in [0.25, 0.3) is 0 Å². The number of rotatable bonds is 11. The van der Waals surface area contributed by atoms with Gasteiger partial charge in [-0.05, 0) is 54.8 Å². The molecule has 0 amide bonds. The number of anilines is 2. The maximum absolute atomic E-state index is 14.6. The number of fused-ring (bicyclic) bond motifs is 1. The average Bonchev–Trinajstić information content (AvgIpc) is 2.88. The molecule has 0 atom stereocenters. The molecule has 0 fully saturated rings. The smallest absolute Gasteiger partial charge is 0.306 e. The minimum atomic E-state index is -0.312. The summed E-state index contributed by atoms with van der Waals surface area (Å²) in [5.41, 5.74) is 3.64. The van der Waals surface area contributed by atoms with Crippen LogP contribution in [0.2, 0.25) is 0 Å². The summed E-state index contributed by atoms with van der Waals surface area (Å²) in [6.45, 7) is 5.12. The van der Waals surface area contributed by atoms with E-state index in [2.05, 4.69) is 28.4 Å². The second-order valence-corrected chi connectivity index (χ2v) is 9.33. The first kappa shape index (κ1) is 24.9. The molecule has 5 nitrogen and oxygen atoms in total. The van der Waals surface area contributed by atoms with E-state index in [9.17, 15) is 9.18 Å². The van der Waals surface area contributed by atoms with Gasteiger partial charge in [-0.3, -0.25) is 4.79 Å². The Morgan fingerprint density at radius 1 is 1.09 bits per heavy atom. The van der Waals surface area contributed by atoms with E-state index in [4.69, 9.17) is 9.47 Å². The van der Waals surface area contributed by atoms with Crippen LogP contribution in [0.4, 0.5) is 15.8 Å². The Bertz CT molecular complexity index is 1130. The molecule has 7 heteroatoms. The first-order valence-corrected chi connectivity index (χ1v) is 13.0. The molecule has 0 aromatic heterocycles. The zero-order valence-corrected chi connectivity index (χ0v) is 20.8. The number of nitrogens with zero attached hydrogens (tertiary/aromatic N) is 1. The van der Waals surface area contributed by atoms with Gasteiger partial charge in [0.2, 0.25) is 0 Å². The lowest BCUT2D eigenvalue weighted by molar-refractivity contribution is -0.143. The molecule has 1 aliphatic rings. The van der Waals surface area contributed by atoms with Gasteiger partial charge in [-0.1, -0.05) is 36.4 Å². The molecule has 0 radical (unpaired) electrons. The van der Waals surface area contributed by atoms with Crippen molar-refractivity contribution < 1.29 is 18.7 Å². The molecule has 0 bridgehead atoms. The first-order valence-electron chi connectivity index (χ1n) is 12.0. The van der Waals surface area contributed by atoms with Gasteiger partial charge >= 0.3 is 5.97 Å². The van der Waals surface area contributed by atoms with Gasteiger partial charge in [0.25, 0.3) is 0 Å². The molecule has 35 heavy (non-hydrogen) atoms. The minimum absolute atomic E-state index is 0.178. The van der Waals surface area contributed by atoms with Gasteiger partial charge in [0.1, 0.15) is 18.2 Å². The zero-order valence-electron chi connectivity index (χ0n) is 20.0. The van der Waals surface area contributed by atoms with Crippen LogP contribution in [0.5, 0.6) is 5.75 Å². The maximum atomic E-state index is 14.6. The zero-order chi connectivity index (χ0) is 24.5. The molecule has 1 heterocycles. The number of carbonyl (C=O) groups is 1. The fraction of sp³-hybridized carbons (Fsp3) is 0.321. The summed E-state index contributed by atoms with van der Waals surface area (Å²) in [4.78, 5) is 15.2. The number of thioether (sulfide) groups is 1. The van der Waals surface area contributed by atoms with Crippen molar-refractivity contribution in [2.24, 2.45) is 0 Å². The van der Waals surface area contributed by atoms with E-state index in [0.29, 0.717) is 37.4 Å². The van der Waals surface area contributed by atoms with Crippen molar-refractivity contribution >= 4 is 29.1 Å². The number of ether oxygens (including phenoxy) is 2. The van der Waals surface area contributed by atoms with Crippen molar-refractivity contribution in [1.29, 1.82) is 0 Å². The molecular weight excluding hydrogens is 463 g/mol. The lowest BCUT2D eigenvalue weighted by Gasteiger charge is -2.32. The summed E-state index contributed by atoms with van der Waals surface area (Å²) in [6.07, 6.45) is 0.509. The lowest BCUT2D eigenvalue weighted by atomic mass is 10.1. The largest absolute Gasteiger partial charge is 0.492 e. The number of hydrogen-bond acceptors (Lipinski definition) is 6. The number of nitrogens with one attached hydrogen (secondary N) is 1. The van der Waals surface area contributed by atoms with E-state index >= 15 is 0 Å². The number of hydrogen-bond donors (Lipinski definition) is 1. The summed E-state index contributed by atoms with van der Waals surface area (Å²) in [5, 5.41) is 3.36. The van der Waals surface area contributed by atoms with Gasteiger partial charge in [-0.15, -0.1) is 11.8 Å². The second-order valence-electron chi connectivity index (χ2n) is 8.23. The van der Waals surface area contributed by atoms with Crippen LogP contribution in [-0.2, 0) is 22.5 Å². The standard InChI is InChI=1S/C28H31FN2O3S/c1-2-33-27(32)14-12-21-11-13-23(19-25(21)29)30-20-22-7-6-10-26-28(22)35-18-16-31(26)15-17-34-24-8-4-3-5-9-24/h3-11,13,19,30H,2,12,14-18,20H2,1H3. The van der Waals surface area contributed by atoms with Crippen molar-refractivity contribution in [3.63, 3.8) is 0 Å². The highest BCUT2D eigenvalue weighted by Gasteiger charge is 2.20. The summed E-state index contributed by atoms with van der Waals surface area (Å²) in [5.74, 6) is 1.28. The van der Waals surface area contributed by atoms with Crippen LogP contribution >= 0.6 is 11.8 Å². The summed E-state index contributed by atoms with van der Waals surface area (Å²) >= 11 is 1.86. The normalized spacial score (nSPS) is 12.7. The fourth-order valence-corrected chi connectivity index (χ4v) is 5.24. The third-order valence-electron chi connectivity index (χ3n) is 5.84. The van der Waals surface area contributed by atoms with Crippen molar-refractivity contribution in [1.82, 2.24) is 0 Å². The SMILES string of the molecule is CCOC(=O)CCc1ccc(NCc2cccc3c2SCCN3CCOc2ccccc2)cc1F. The Balaban J connectivity index is 1.35. The highest BCUT2D eigenvalue weighted by atomic mass is 32.2. The Hall–Kier alpha value is -3.19. The number of benzene rings is 3. The van der Waals surface area contributed by atoms with Crippen LogP contribution < -0.4 is 15.0 Å². The van der Waals surface area contributed by atoms with Gasteiger partial charge in [-0.2, -0.15) is 0 Å². The molecule has 184 valence electrons. The third kappa shape index (κ3) is 6.92. The third-order valence-corrected chi connectivity index (χ3v) is 6.98. The van der Waals surface area contributed by atoms with Gasteiger partial charge in [-0.25, -0.2) is 4.39 Å². The number of carbonyl (C=O) groups excluding carboxylic acids is 1. The Kier molecular flexibility index (Phi) is 8.90. The van der Waals surface area contributed by atoms with E-state index in [1.807, 2.05) is 48.2 Å². The van der Waals surface area contributed by atoms with Crippen LogP contribution in [0.1, 0.15) is 24.5 Å². The van der Waals surface area contributed by atoms with Crippen molar-refractivity contribution in [3.8, 4) is 5.75 Å². The lowest BCUT2D eigenvalue weighted by Crippen LogP contribution is -2.33. The molecule has 1 aliphatic heterocycles. The number of halogens is 1. The molecule has 4 rings (SSSR count). The topological polar surface area (TPSA) is 50.8 Å². The first-order chi connectivity index (χ1) is 17.1. The number of esters is 1. The van der Waals surface area contributed by atoms with E-state index < -0.39 is 0 Å². The summed E-state index contributed by atoms with van der Waals surface area (Å²) < 4.78 is 25.4. The molecule has 3 aromatic carbocycles. The van der Waals surface area contributed by atoms with Crippen LogP contribution in [0, 0.1) is 5.82 Å². The van der Waals surface area contributed by atoms with E-state index in [-0.39, 0.29) is 18.2 Å². The summed E-state index contributed by atoms with van der Waals surface area (Å²) in [7, 11) is 0. The molecule has 0 spiro atoms. The maximum Gasteiger partial charge on any atom is 0.306 e. The monoisotopic (exact) mass is 494 g/mol. The molecule has 3 aromatic rings. The Morgan fingerprint density at radius 3 is 2.74 bits per heavy atom. The average molecular weight is 495 g/mol. The van der Waals surface area contributed by atoms with Crippen molar-refractivity contribution in [3.05, 3.63) is 83.7 Å². The molecule has 1 N–H and O–H groups in total. The molecule has 0 saturated heterocycles. The number of aryl methyl sites for hydroxylation is 1. The van der Waals surface area contributed by atoms with Gasteiger partial charge in [0, 0.05) is 35.8 Å². The van der Waals surface area contributed by atoms with E-state index in [1.165, 1.54) is 22.2 Å². The fourth-order valence-electron chi connectivity index (χ4n) is 4.05. The predicted octanol–water partition coefficient (Wildman–Crippen LogP) is 5.92. The number of para-hydroxylation sites is 1. The summed E-state index contributed by atoms with van der Waals surface area (Å²) in [6, 6.07) is 21.3. The Morgan fingerprint density at radius 2 is 1.94 bits per heavy atom. The van der Waals surface area contributed by atoms with Gasteiger partial charge in [0.05, 0.1) is 18.8 Å². The van der Waals surface area contributed by atoms with E-state index in [0.717, 1.165) is 24.6 Å². The minimum Gasteiger partial charge on any atom is -0.492 e. The molecular formula is C28H31FN2O3S.